The van der Waals surface area contributed by atoms with E-state index in [1.807, 2.05) is 0 Å². The third-order valence-electron chi connectivity index (χ3n) is 2.72. The van der Waals surface area contributed by atoms with Gasteiger partial charge >= 0.3 is 6.18 Å². The Kier molecular flexibility index (Phi) is 4.11. The molecule has 2 rings (SSSR count). The Morgan fingerprint density at radius 2 is 2.10 bits per heavy atom. The summed E-state index contributed by atoms with van der Waals surface area (Å²) in [6.45, 7) is 0.397. The quantitative estimate of drug-likeness (QED) is 0.582. The van der Waals surface area contributed by atoms with Gasteiger partial charge in [-0.2, -0.15) is 18.3 Å². The molecule has 2 aromatic rings. The van der Waals surface area contributed by atoms with Crippen molar-refractivity contribution in [3.63, 3.8) is 0 Å². The maximum atomic E-state index is 12.8. The van der Waals surface area contributed by atoms with Crippen LogP contribution in [0.3, 0.4) is 0 Å². The van der Waals surface area contributed by atoms with Crippen LogP contribution in [0.15, 0.2) is 24.5 Å². The van der Waals surface area contributed by atoms with Crippen LogP contribution >= 0.6 is 0 Å². The highest BCUT2D eigenvalue weighted by Gasteiger charge is 2.33. The lowest BCUT2D eigenvalue weighted by atomic mass is 10.1. The number of nitrogens with zero attached hydrogens (tertiary/aromatic N) is 2. The summed E-state index contributed by atoms with van der Waals surface area (Å²) in [5.41, 5.74) is 4.76. The zero-order valence-corrected chi connectivity index (χ0v) is 10.5. The number of alkyl halides is 3. The average molecular weight is 285 g/mol. The van der Waals surface area contributed by atoms with Crippen molar-refractivity contribution in [1.82, 2.24) is 15.2 Å². The molecular formula is C12H14F3N5. The van der Waals surface area contributed by atoms with Crippen LogP contribution in [0.4, 0.5) is 24.5 Å². The van der Waals surface area contributed by atoms with Crippen molar-refractivity contribution in [3.8, 4) is 0 Å². The predicted octanol–water partition coefficient (Wildman–Crippen LogP) is 2.45. The number of hydrogen-bond acceptors (Lipinski definition) is 4. The minimum absolute atomic E-state index is 0.0317. The zero-order chi connectivity index (χ0) is 14.6. The Balaban J connectivity index is 1.95. The molecular weight excluding hydrogens is 271 g/mol. The number of aromatic amines is 1. The maximum Gasteiger partial charge on any atom is 0.418 e. The van der Waals surface area contributed by atoms with Gasteiger partial charge in [0.25, 0.3) is 0 Å². The molecule has 0 saturated carbocycles. The minimum Gasteiger partial charge on any atom is -0.399 e. The molecule has 0 bridgehead atoms. The van der Waals surface area contributed by atoms with Gasteiger partial charge in [0.1, 0.15) is 12.2 Å². The van der Waals surface area contributed by atoms with Gasteiger partial charge in [0, 0.05) is 24.3 Å². The number of anilines is 2. The van der Waals surface area contributed by atoms with E-state index in [2.05, 4.69) is 20.5 Å². The first-order valence-electron chi connectivity index (χ1n) is 6.01. The summed E-state index contributed by atoms with van der Waals surface area (Å²) in [5, 5.41) is 9.16. The van der Waals surface area contributed by atoms with E-state index in [1.165, 1.54) is 18.5 Å². The molecule has 0 spiro atoms. The molecule has 0 aliphatic carbocycles. The van der Waals surface area contributed by atoms with E-state index in [4.69, 9.17) is 5.73 Å². The van der Waals surface area contributed by atoms with Gasteiger partial charge in [-0.3, -0.25) is 5.10 Å². The number of aromatic nitrogens is 3. The Morgan fingerprint density at radius 1 is 1.30 bits per heavy atom. The second kappa shape index (κ2) is 5.81. The van der Waals surface area contributed by atoms with Gasteiger partial charge in [-0.25, -0.2) is 4.98 Å². The molecule has 0 fully saturated rings. The van der Waals surface area contributed by atoms with Gasteiger partial charge in [0.15, 0.2) is 0 Å². The first-order valence-corrected chi connectivity index (χ1v) is 6.01. The van der Waals surface area contributed by atoms with Gasteiger partial charge in [0.2, 0.25) is 0 Å². The summed E-state index contributed by atoms with van der Waals surface area (Å²) >= 11 is 0. The standard InChI is InChI=1S/C12H14F3N5/c13-12(14,15)9-6-8(16)3-4-10(9)17-5-1-2-11-18-7-19-20-11/h3-4,6-7,17H,1-2,5,16H2,(H,18,19,20). The summed E-state index contributed by atoms with van der Waals surface area (Å²) in [7, 11) is 0. The number of nitrogens with one attached hydrogen (secondary N) is 2. The molecule has 5 nitrogen and oxygen atoms in total. The summed E-state index contributed by atoms with van der Waals surface area (Å²) in [6, 6.07) is 3.71. The van der Waals surface area contributed by atoms with Crippen LogP contribution in [0.2, 0.25) is 0 Å². The molecule has 0 atom stereocenters. The first kappa shape index (κ1) is 14.2. The monoisotopic (exact) mass is 285 g/mol. The number of benzene rings is 1. The second-order valence-corrected chi connectivity index (χ2v) is 4.27. The van der Waals surface area contributed by atoms with Gasteiger partial charge < -0.3 is 11.1 Å². The highest BCUT2D eigenvalue weighted by atomic mass is 19.4. The van der Waals surface area contributed by atoms with Gasteiger partial charge in [-0.05, 0) is 24.6 Å². The van der Waals surface area contributed by atoms with Crippen molar-refractivity contribution < 1.29 is 13.2 Å². The van der Waals surface area contributed by atoms with Crippen LogP contribution in [0.25, 0.3) is 0 Å². The van der Waals surface area contributed by atoms with E-state index in [0.29, 0.717) is 25.2 Å². The molecule has 1 aromatic carbocycles. The summed E-state index contributed by atoms with van der Waals surface area (Å²) < 4.78 is 38.5. The van der Waals surface area contributed by atoms with Crippen LogP contribution in [0, 0.1) is 0 Å². The van der Waals surface area contributed by atoms with Crippen molar-refractivity contribution in [3.05, 3.63) is 35.9 Å². The molecule has 0 amide bonds. The van der Waals surface area contributed by atoms with Crippen LogP contribution < -0.4 is 11.1 Å². The van der Waals surface area contributed by atoms with Crippen LogP contribution in [-0.4, -0.2) is 21.7 Å². The molecule has 0 unspecified atom stereocenters. The van der Waals surface area contributed by atoms with Crippen molar-refractivity contribution >= 4 is 11.4 Å². The lowest BCUT2D eigenvalue weighted by Crippen LogP contribution is -2.12. The molecule has 0 saturated heterocycles. The lowest BCUT2D eigenvalue weighted by molar-refractivity contribution is -0.136. The second-order valence-electron chi connectivity index (χ2n) is 4.27. The Labute approximate surface area is 113 Å². The van der Waals surface area contributed by atoms with E-state index >= 15 is 0 Å². The SMILES string of the molecule is Nc1ccc(NCCCc2ncn[nH]2)c(C(F)(F)F)c1. The fourth-order valence-corrected chi connectivity index (χ4v) is 1.78. The maximum absolute atomic E-state index is 12.8. The number of aryl methyl sites for hydroxylation is 1. The molecule has 0 aliphatic rings. The number of hydrogen-bond donors (Lipinski definition) is 3. The van der Waals surface area contributed by atoms with E-state index < -0.39 is 11.7 Å². The minimum atomic E-state index is -4.43. The third kappa shape index (κ3) is 3.62. The molecule has 4 N–H and O–H groups in total. The molecule has 8 heteroatoms. The predicted molar refractivity (Wildman–Crippen MR) is 69.0 cm³/mol. The topological polar surface area (TPSA) is 79.6 Å². The number of rotatable bonds is 5. The normalized spacial score (nSPS) is 11.6. The van der Waals surface area contributed by atoms with Gasteiger partial charge in [0.05, 0.1) is 5.56 Å². The molecule has 20 heavy (non-hydrogen) atoms. The highest BCUT2D eigenvalue weighted by Crippen LogP contribution is 2.35. The third-order valence-corrected chi connectivity index (χ3v) is 2.72. The highest BCUT2D eigenvalue weighted by molar-refractivity contribution is 5.59. The fraction of sp³-hybridized carbons (Fsp3) is 0.333. The largest absolute Gasteiger partial charge is 0.418 e. The Morgan fingerprint density at radius 3 is 2.75 bits per heavy atom. The Bertz CT molecular complexity index is 551. The number of halogens is 3. The van der Waals surface area contributed by atoms with Crippen molar-refractivity contribution in [2.24, 2.45) is 0 Å². The molecule has 1 aromatic heterocycles. The van der Waals surface area contributed by atoms with E-state index in [-0.39, 0.29) is 11.4 Å². The van der Waals surface area contributed by atoms with Crippen molar-refractivity contribution in [2.45, 2.75) is 19.0 Å². The van der Waals surface area contributed by atoms with Crippen LogP contribution in [0.5, 0.6) is 0 Å². The Hall–Kier alpha value is -2.25. The smallest absolute Gasteiger partial charge is 0.399 e. The van der Waals surface area contributed by atoms with E-state index in [1.54, 1.807) is 0 Å². The van der Waals surface area contributed by atoms with E-state index in [9.17, 15) is 13.2 Å². The zero-order valence-electron chi connectivity index (χ0n) is 10.5. The van der Waals surface area contributed by atoms with Gasteiger partial charge in [-0.1, -0.05) is 0 Å². The number of nitrogen functional groups attached to an aromatic ring is 1. The summed E-state index contributed by atoms with van der Waals surface area (Å²) in [5.74, 6) is 0.708. The van der Waals surface area contributed by atoms with Crippen LogP contribution in [0.1, 0.15) is 17.8 Å². The first-order chi connectivity index (χ1) is 9.47. The van der Waals surface area contributed by atoms with Crippen molar-refractivity contribution in [1.29, 1.82) is 0 Å². The number of nitrogens with two attached hydrogens (primary N) is 1. The summed E-state index contributed by atoms with van der Waals surface area (Å²) in [4.78, 5) is 3.94. The molecule has 108 valence electrons. The molecule has 0 radical (unpaired) electrons. The number of H-pyrrole nitrogens is 1. The van der Waals surface area contributed by atoms with Crippen LogP contribution in [-0.2, 0) is 12.6 Å². The van der Waals surface area contributed by atoms with E-state index in [0.717, 1.165) is 6.07 Å². The molecule has 1 heterocycles. The molecule has 0 aliphatic heterocycles. The summed E-state index contributed by atoms with van der Waals surface area (Å²) in [6.07, 6.45) is -1.78. The van der Waals surface area contributed by atoms with Gasteiger partial charge in [-0.15, -0.1) is 0 Å². The lowest BCUT2D eigenvalue weighted by Gasteiger charge is -2.15. The fourth-order valence-electron chi connectivity index (χ4n) is 1.78. The van der Waals surface area contributed by atoms with Crippen molar-refractivity contribution in [2.75, 3.05) is 17.6 Å². The average Bonchev–Trinajstić information content (AvgIpc) is 2.88.